The lowest BCUT2D eigenvalue weighted by Gasteiger charge is -2.08. The fraction of sp³-hybridized carbons (Fsp3) is 0.150. The van der Waals surface area contributed by atoms with Crippen LogP contribution in [0.5, 0.6) is 0 Å². The minimum Gasteiger partial charge on any atom is -0.365 e. The SMILES string of the molecule is Cc1ccc(CSc2nsc(NC(=O)NCc3ccc(F)c(F)c3)c2C(N)=O)cc1. The number of aryl methyl sites for hydroxylation is 1. The molecule has 3 amide bonds. The molecule has 0 saturated carbocycles. The van der Waals surface area contributed by atoms with Crippen molar-refractivity contribution in [3.8, 4) is 0 Å². The molecule has 30 heavy (non-hydrogen) atoms. The normalized spacial score (nSPS) is 10.6. The highest BCUT2D eigenvalue weighted by Gasteiger charge is 2.21. The van der Waals surface area contributed by atoms with Crippen LogP contribution in [0.25, 0.3) is 0 Å². The smallest absolute Gasteiger partial charge is 0.320 e. The Bertz CT molecular complexity index is 1070. The van der Waals surface area contributed by atoms with Crippen LogP contribution in [0.1, 0.15) is 27.0 Å². The second-order valence-electron chi connectivity index (χ2n) is 6.39. The van der Waals surface area contributed by atoms with Crippen LogP contribution in [0.4, 0.5) is 18.6 Å². The summed E-state index contributed by atoms with van der Waals surface area (Å²) in [6.45, 7) is 1.97. The first kappa shape index (κ1) is 21.7. The van der Waals surface area contributed by atoms with E-state index in [9.17, 15) is 18.4 Å². The molecule has 2 aromatic carbocycles. The van der Waals surface area contributed by atoms with Crippen molar-refractivity contribution in [2.45, 2.75) is 24.2 Å². The van der Waals surface area contributed by atoms with E-state index in [0.29, 0.717) is 16.3 Å². The third-order valence-corrected chi connectivity index (χ3v) is 5.99. The van der Waals surface area contributed by atoms with E-state index in [0.717, 1.165) is 34.8 Å². The number of carbonyl (C=O) groups excluding carboxylic acids is 2. The van der Waals surface area contributed by atoms with Crippen LogP contribution >= 0.6 is 23.3 Å². The zero-order valence-electron chi connectivity index (χ0n) is 15.9. The lowest BCUT2D eigenvalue weighted by Crippen LogP contribution is -2.29. The molecule has 3 rings (SSSR count). The van der Waals surface area contributed by atoms with Gasteiger partial charge < -0.3 is 11.1 Å². The molecular weight excluding hydrogens is 430 g/mol. The maximum Gasteiger partial charge on any atom is 0.320 e. The van der Waals surface area contributed by atoms with Crippen molar-refractivity contribution in [2.24, 2.45) is 5.73 Å². The summed E-state index contributed by atoms with van der Waals surface area (Å²) in [4.78, 5) is 24.1. The van der Waals surface area contributed by atoms with Crippen LogP contribution in [-0.4, -0.2) is 16.3 Å². The summed E-state index contributed by atoms with van der Waals surface area (Å²) in [5, 5.41) is 5.70. The Balaban J connectivity index is 1.63. The molecule has 0 radical (unpaired) electrons. The van der Waals surface area contributed by atoms with E-state index in [1.807, 2.05) is 31.2 Å². The zero-order valence-corrected chi connectivity index (χ0v) is 17.5. The number of nitrogens with one attached hydrogen (secondary N) is 2. The number of amides is 3. The Hall–Kier alpha value is -2.98. The van der Waals surface area contributed by atoms with Crippen LogP contribution in [-0.2, 0) is 12.3 Å². The van der Waals surface area contributed by atoms with Gasteiger partial charge in [0.15, 0.2) is 11.6 Å². The molecule has 10 heteroatoms. The number of urea groups is 1. The monoisotopic (exact) mass is 448 g/mol. The topological polar surface area (TPSA) is 97.1 Å². The van der Waals surface area contributed by atoms with Gasteiger partial charge in [0.25, 0.3) is 5.91 Å². The van der Waals surface area contributed by atoms with E-state index < -0.39 is 23.6 Å². The average Bonchev–Trinajstić information content (AvgIpc) is 3.11. The number of primary amides is 1. The van der Waals surface area contributed by atoms with Crippen molar-refractivity contribution in [2.75, 3.05) is 5.32 Å². The highest BCUT2D eigenvalue weighted by atomic mass is 32.2. The number of benzene rings is 2. The van der Waals surface area contributed by atoms with Gasteiger partial charge in [-0.1, -0.05) is 47.7 Å². The number of thioether (sulfide) groups is 1. The van der Waals surface area contributed by atoms with Gasteiger partial charge in [-0.3, -0.25) is 10.1 Å². The number of anilines is 1. The van der Waals surface area contributed by atoms with E-state index in [1.165, 1.54) is 17.8 Å². The summed E-state index contributed by atoms with van der Waals surface area (Å²) >= 11 is 2.29. The van der Waals surface area contributed by atoms with Gasteiger partial charge in [-0.2, -0.15) is 4.37 Å². The molecule has 1 aromatic heterocycles. The van der Waals surface area contributed by atoms with Crippen LogP contribution in [0, 0.1) is 18.6 Å². The standard InChI is InChI=1S/C20H18F2N4O2S2/c1-11-2-4-12(5-3-11)10-29-19-16(17(23)27)18(30-26-19)25-20(28)24-9-13-6-7-14(21)15(22)8-13/h2-8H,9-10H2,1H3,(H2,23,27)(H2,24,25,28). The van der Waals surface area contributed by atoms with Crippen molar-refractivity contribution < 1.29 is 18.4 Å². The number of hydrogen-bond donors (Lipinski definition) is 3. The Labute approximate surface area is 180 Å². The number of hydrogen-bond acceptors (Lipinski definition) is 5. The average molecular weight is 449 g/mol. The third-order valence-electron chi connectivity index (χ3n) is 4.07. The van der Waals surface area contributed by atoms with E-state index >= 15 is 0 Å². The minimum absolute atomic E-state index is 0.0250. The number of nitrogens with zero attached hydrogens (tertiary/aromatic N) is 1. The number of halogens is 2. The van der Waals surface area contributed by atoms with Crippen LogP contribution in [0.3, 0.4) is 0 Å². The molecule has 6 nitrogen and oxygen atoms in total. The fourth-order valence-corrected chi connectivity index (χ4v) is 4.41. The second kappa shape index (κ2) is 9.68. The maximum absolute atomic E-state index is 13.2. The summed E-state index contributed by atoms with van der Waals surface area (Å²) in [6.07, 6.45) is 0. The summed E-state index contributed by atoms with van der Waals surface area (Å²) < 4.78 is 30.4. The number of rotatable bonds is 7. The lowest BCUT2D eigenvalue weighted by atomic mass is 10.2. The van der Waals surface area contributed by atoms with Gasteiger partial charge in [0, 0.05) is 12.3 Å². The minimum atomic E-state index is -0.997. The Morgan fingerprint density at radius 2 is 1.80 bits per heavy atom. The van der Waals surface area contributed by atoms with Gasteiger partial charge in [0.1, 0.15) is 15.6 Å². The fourth-order valence-electron chi connectivity index (χ4n) is 2.49. The molecule has 0 fully saturated rings. The van der Waals surface area contributed by atoms with Crippen LogP contribution < -0.4 is 16.4 Å². The molecule has 0 saturated heterocycles. The largest absolute Gasteiger partial charge is 0.365 e. The maximum atomic E-state index is 13.2. The molecular formula is C20H18F2N4O2S2. The van der Waals surface area contributed by atoms with Gasteiger partial charge in [-0.25, -0.2) is 13.6 Å². The predicted molar refractivity (Wildman–Crippen MR) is 114 cm³/mol. The van der Waals surface area contributed by atoms with E-state index in [2.05, 4.69) is 15.0 Å². The summed E-state index contributed by atoms with van der Waals surface area (Å²) in [5.41, 5.74) is 8.22. The van der Waals surface area contributed by atoms with Crippen molar-refractivity contribution in [3.05, 3.63) is 76.4 Å². The number of carbonyl (C=O) groups is 2. The van der Waals surface area contributed by atoms with Crippen LogP contribution in [0.15, 0.2) is 47.5 Å². The molecule has 0 aliphatic heterocycles. The van der Waals surface area contributed by atoms with E-state index in [-0.39, 0.29) is 17.1 Å². The first-order valence-corrected chi connectivity index (χ1v) is 10.6. The molecule has 0 bridgehead atoms. The molecule has 0 aliphatic rings. The highest BCUT2D eigenvalue weighted by Crippen LogP contribution is 2.33. The molecule has 1 heterocycles. The number of nitrogens with two attached hydrogens (primary N) is 1. The van der Waals surface area contributed by atoms with Crippen molar-refractivity contribution in [3.63, 3.8) is 0 Å². The van der Waals surface area contributed by atoms with E-state index in [4.69, 9.17) is 5.73 Å². The van der Waals surface area contributed by atoms with Gasteiger partial charge in [-0.15, -0.1) is 0 Å². The van der Waals surface area contributed by atoms with Crippen molar-refractivity contribution >= 4 is 40.2 Å². The lowest BCUT2D eigenvalue weighted by molar-refractivity contribution is 0.0998. The summed E-state index contributed by atoms with van der Waals surface area (Å²) in [7, 11) is 0. The molecule has 0 atom stereocenters. The summed E-state index contributed by atoms with van der Waals surface area (Å²) in [6, 6.07) is 10.7. The van der Waals surface area contributed by atoms with Crippen molar-refractivity contribution in [1.29, 1.82) is 0 Å². The van der Waals surface area contributed by atoms with Gasteiger partial charge >= 0.3 is 6.03 Å². The quantitative estimate of drug-likeness (QED) is 0.466. The Morgan fingerprint density at radius 3 is 2.47 bits per heavy atom. The number of aromatic nitrogens is 1. The predicted octanol–water partition coefficient (Wildman–Crippen LogP) is 4.44. The second-order valence-corrected chi connectivity index (χ2v) is 8.12. The van der Waals surface area contributed by atoms with Crippen molar-refractivity contribution in [1.82, 2.24) is 9.69 Å². The van der Waals surface area contributed by atoms with Crippen LogP contribution in [0.2, 0.25) is 0 Å². The first-order chi connectivity index (χ1) is 14.3. The zero-order chi connectivity index (χ0) is 21.7. The molecule has 3 aromatic rings. The van der Waals surface area contributed by atoms with Gasteiger partial charge in [-0.05, 0) is 41.7 Å². The first-order valence-electron chi connectivity index (χ1n) is 8.80. The van der Waals surface area contributed by atoms with Gasteiger partial charge in [0.2, 0.25) is 0 Å². The molecule has 0 unspecified atom stereocenters. The highest BCUT2D eigenvalue weighted by molar-refractivity contribution is 7.98. The molecule has 0 spiro atoms. The third kappa shape index (κ3) is 5.55. The Kier molecular flexibility index (Phi) is 7.01. The van der Waals surface area contributed by atoms with Gasteiger partial charge in [0.05, 0.1) is 0 Å². The molecule has 156 valence electrons. The Morgan fingerprint density at radius 1 is 1.10 bits per heavy atom. The molecule has 0 aliphatic carbocycles. The van der Waals surface area contributed by atoms with E-state index in [1.54, 1.807) is 0 Å². The molecule has 4 N–H and O–H groups in total. The summed E-state index contributed by atoms with van der Waals surface area (Å²) in [5.74, 6) is -2.07.